The molecule has 0 aliphatic carbocycles. The highest BCUT2D eigenvalue weighted by atomic mass is 16.2. The highest BCUT2D eigenvalue weighted by Crippen LogP contribution is 2.30. The van der Waals surface area contributed by atoms with Crippen molar-refractivity contribution in [1.82, 2.24) is 26.0 Å². The summed E-state index contributed by atoms with van der Waals surface area (Å²) in [5.41, 5.74) is 8.33. The monoisotopic (exact) mass is 500 g/mol. The van der Waals surface area contributed by atoms with Crippen molar-refractivity contribution in [3.05, 3.63) is 48.6 Å². The zero-order chi connectivity index (χ0) is 27.0. The first-order valence-electron chi connectivity index (χ1n) is 12.3. The molecule has 1 aromatic carbocycles. The number of likely N-dealkylation sites (tertiary alicyclic amines) is 1. The van der Waals surface area contributed by atoms with Gasteiger partial charge in [0.05, 0.1) is 6.04 Å². The number of hydrogen-bond acceptors (Lipinski definition) is 4. The van der Waals surface area contributed by atoms with Gasteiger partial charge in [0.2, 0.25) is 5.91 Å². The maximum absolute atomic E-state index is 13.5. The first kappa shape index (κ1) is 28.7. The quantitative estimate of drug-likeness (QED) is 0.322. The Balaban J connectivity index is 2.22. The van der Waals surface area contributed by atoms with Gasteiger partial charge in [-0.1, -0.05) is 64.1 Å². The molecule has 0 saturated carbocycles. The molecule has 4 atom stereocenters. The molecular weight excluding hydrogens is 460 g/mol. The van der Waals surface area contributed by atoms with E-state index in [0.717, 1.165) is 5.56 Å². The van der Waals surface area contributed by atoms with Crippen LogP contribution in [0.2, 0.25) is 0 Å². The van der Waals surface area contributed by atoms with Crippen molar-refractivity contribution in [2.24, 2.45) is 17.1 Å². The molecule has 6 amide bonds. The molecule has 1 aromatic rings. The fourth-order valence-electron chi connectivity index (χ4n) is 4.32. The first-order chi connectivity index (χ1) is 16.9. The molecule has 10 heteroatoms. The summed E-state index contributed by atoms with van der Waals surface area (Å²) in [7, 11) is 0. The number of primary amides is 1. The predicted molar refractivity (Wildman–Crippen MR) is 138 cm³/mol. The van der Waals surface area contributed by atoms with Crippen LogP contribution in [0.15, 0.2) is 43.0 Å². The summed E-state index contributed by atoms with van der Waals surface area (Å²) in [5.74, 6) is -1.21. The minimum Gasteiger partial charge on any atom is -0.352 e. The lowest BCUT2D eigenvalue weighted by atomic mass is 9.85. The maximum atomic E-state index is 13.5. The second kappa shape index (κ2) is 12.4. The second-order valence-electron chi connectivity index (χ2n) is 10.2. The molecule has 1 aliphatic rings. The topological polar surface area (TPSA) is 137 Å². The molecule has 0 spiro atoms. The van der Waals surface area contributed by atoms with Gasteiger partial charge >= 0.3 is 12.1 Å². The van der Waals surface area contributed by atoms with Gasteiger partial charge in [-0.25, -0.2) is 14.6 Å². The van der Waals surface area contributed by atoms with Gasteiger partial charge in [0, 0.05) is 19.0 Å². The first-order valence-corrected chi connectivity index (χ1v) is 12.3. The minimum absolute atomic E-state index is 0.271. The van der Waals surface area contributed by atoms with E-state index in [9.17, 15) is 19.2 Å². The Labute approximate surface area is 213 Å². The summed E-state index contributed by atoms with van der Waals surface area (Å²) >= 11 is 0. The molecule has 1 heterocycles. The van der Waals surface area contributed by atoms with Gasteiger partial charge in [-0.15, -0.1) is 6.58 Å². The van der Waals surface area contributed by atoms with Crippen molar-refractivity contribution in [2.75, 3.05) is 13.1 Å². The van der Waals surface area contributed by atoms with E-state index in [1.807, 2.05) is 65.0 Å². The van der Waals surface area contributed by atoms with E-state index < -0.39 is 41.4 Å². The summed E-state index contributed by atoms with van der Waals surface area (Å²) < 4.78 is 0. The zero-order valence-electron chi connectivity index (χ0n) is 21.9. The van der Waals surface area contributed by atoms with Crippen LogP contribution in [0.3, 0.4) is 0 Å². The van der Waals surface area contributed by atoms with Crippen LogP contribution in [0.4, 0.5) is 9.59 Å². The van der Waals surface area contributed by atoms with Gasteiger partial charge in [-0.3, -0.25) is 15.0 Å². The van der Waals surface area contributed by atoms with Gasteiger partial charge in [-0.05, 0) is 30.7 Å². The second-order valence-corrected chi connectivity index (χ2v) is 10.2. The van der Waals surface area contributed by atoms with Gasteiger partial charge in [0.15, 0.2) is 0 Å². The standard InChI is InChI=1S/C26H40N6O4/c1-7-15-32(25(36)28-17(3)19-12-10-9-11-13-19)30-22(33)20-18(8-2)14-16-31(20)23(34)21(26(4,5)6)29-24(27)35/h8-13,17-18,20-21H,2,7,14-16H2,1,3-6H3,(H,28,36)(H,30,33)(H3,27,29,35)/t17-,18-,20-,21+/m0/s1. The molecule has 0 bridgehead atoms. The van der Waals surface area contributed by atoms with Crippen molar-refractivity contribution < 1.29 is 19.2 Å². The van der Waals surface area contributed by atoms with Crippen LogP contribution >= 0.6 is 0 Å². The highest BCUT2D eigenvalue weighted by Gasteiger charge is 2.45. The smallest absolute Gasteiger partial charge is 0.336 e. The predicted octanol–water partition coefficient (Wildman–Crippen LogP) is 2.69. The van der Waals surface area contributed by atoms with E-state index in [4.69, 9.17) is 5.73 Å². The number of amides is 6. The molecule has 1 aliphatic heterocycles. The molecule has 10 nitrogen and oxygen atoms in total. The lowest BCUT2D eigenvalue weighted by Crippen LogP contribution is -2.61. The Morgan fingerprint density at radius 3 is 2.36 bits per heavy atom. The number of urea groups is 2. The summed E-state index contributed by atoms with van der Waals surface area (Å²) in [4.78, 5) is 53.1. The fraction of sp³-hybridized carbons (Fsp3) is 0.538. The third-order valence-corrected chi connectivity index (χ3v) is 6.28. The zero-order valence-corrected chi connectivity index (χ0v) is 21.9. The molecule has 0 radical (unpaired) electrons. The van der Waals surface area contributed by atoms with E-state index >= 15 is 0 Å². The number of carbonyl (C=O) groups is 4. The Kier molecular flexibility index (Phi) is 9.89. The number of hydrazine groups is 1. The lowest BCUT2D eigenvalue weighted by molar-refractivity contribution is -0.143. The average molecular weight is 501 g/mol. The van der Waals surface area contributed by atoms with Crippen molar-refractivity contribution in [3.8, 4) is 0 Å². The molecule has 0 unspecified atom stereocenters. The molecule has 5 N–H and O–H groups in total. The van der Waals surface area contributed by atoms with Crippen LogP contribution in [0.25, 0.3) is 0 Å². The number of nitrogens with two attached hydrogens (primary N) is 1. The van der Waals surface area contributed by atoms with Crippen molar-refractivity contribution in [1.29, 1.82) is 0 Å². The van der Waals surface area contributed by atoms with Gasteiger partial charge < -0.3 is 21.3 Å². The van der Waals surface area contributed by atoms with Gasteiger partial charge in [0.25, 0.3) is 5.91 Å². The normalized spacial score (nSPS) is 19.1. The Bertz CT molecular complexity index is 946. The largest absolute Gasteiger partial charge is 0.352 e. The number of carbonyl (C=O) groups excluding carboxylic acids is 4. The molecular formula is C26H40N6O4. The van der Waals surface area contributed by atoms with Crippen LogP contribution < -0.4 is 21.8 Å². The number of nitrogens with zero attached hydrogens (tertiary/aromatic N) is 2. The van der Waals surface area contributed by atoms with E-state index in [0.29, 0.717) is 19.4 Å². The van der Waals surface area contributed by atoms with E-state index in [1.165, 1.54) is 9.91 Å². The SMILES string of the molecule is C=C[C@H]1CCN(C(=O)[C@@H](NC(N)=O)C(C)(C)C)[C@@H]1C(=O)NN(CCC)C(=O)N[C@@H](C)c1ccccc1. The average Bonchev–Trinajstić information content (AvgIpc) is 3.26. The van der Waals surface area contributed by atoms with Crippen LogP contribution in [-0.4, -0.2) is 59.0 Å². The molecule has 0 aromatic heterocycles. The maximum Gasteiger partial charge on any atom is 0.336 e. The van der Waals surface area contributed by atoms with Crippen LogP contribution in [0, 0.1) is 11.3 Å². The fourth-order valence-corrected chi connectivity index (χ4v) is 4.32. The molecule has 1 fully saturated rings. The summed E-state index contributed by atoms with van der Waals surface area (Å²) in [6.07, 6.45) is 2.79. The Morgan fingerprint density at radius 2 is 1.83 bits per heavy atom. The molecule has 198 valence electrons. The van der Waals surface area contributed by atoms with E-state index in [2.05, 4.69) is 22.6 Å². The van der Waals surface area contributed by atoms with Crippen molar-refractivity contribution >= 4 is 23.9 Å². The van der Waals surface area contributed by atoms with Crippen LogP contribution in [0.1, 0.15) is 59.1 Å². The molecule has 36 heavy (non-hydrogen) atoms. The number of rotatable bonds is 8. The van der Waals surface area contributed by atoms with Crippen LogP contribution in [-0.2, 0) is 9.59 Å². The van der Waals surface area contributed by atoms with Gasteiger partial charge in [-0.2, -0.15) is 0 Å². The Morgan fingerprint density at radius 1 is 1.19 bits per heavy atom. The summed E-state index contributed by atoms with van der Waals surface area (Å²) in [5, 5.41) is 6.67. The van der Waals surface area contributed by atoms with Crippen molar-refractivity contribution in [2.45, 2.75) is 65.6 Å². The third kappa shape index (κ3) is 7.22. The highest BCUT2D eigenvalue weighted by molar-refractivity contribution is 5.93. The number of nitrogens with one attached hydrogen (secondary N) is 3. The van der Waals surface area contributed by atoms with Crippen molar-refractivity contribution in [3.63, 3.8) is 0 Å². The molecule has 1 saturated heterocycles. The number of hydrogen-bond donors (Lipinski definition) is 4. The minimum atomic E-state index is -0.921. The Hall–Kier alpha value is -3.56. The van der Waals surface area contributed by atoms with E-state index in [-0.39, 0.29) is 18.5 Å². The van der Waals surface area contributed by atoms with Gasteiger partial charge in [0.1, 0.15) is 12.1 Å². The third-order valence-electron chi connectivity index (χ3n) is 6.28. The lowest BCUT2D eigenvalue weighted by Gasteiger charge is -2.36. The van der Waals surface area contributed by atoms with Crippen LogP contribution in [0.5, 0.6) is 0 Å². The van der Waals surface area contributed by atoms with E-state index in [1.54, 1.807) is 6.08 Å². The molecule has 2 rings (SSSR count). The summed E-state index contributed by atoms with van der Waals surface area (Å²) in [6.45, 7) is 13.6. The number of benzene rings is 1. The summed E-state index contributed by atoms with van der Waals surface area (Å²) in [6, 6.07) is 6.17.